The van der Waals surface area contributed by atoms with Gasteiger partial charge in [-0.3, -0.25) is 4.79 Å². The Bertz CT molecular complexity index is 856. The summed E-state index contributed by atoms with van der Waals surface area (Å²) in [5, 5.41) is 0. The Morgan fingerprint density at radius 3 is 2.21 bits per heavy atom. The van der Waals surface area contributed by atoms with Crippen LogP contribution in [0.3, 0.4) is 0 Å². The summed E-state index contributed by atoms with van der Waals surface area (Å²) in [6, 6.07) is 17.9. The number of Topliss-reactive ketones (excluding diaryl/α,β-unsaturated/α-hetero) is 1. The molecule has 2 aromatic carbocycles. The van der Waals surface area contributed by atoms with Gasteiger partial charge in [-0.2, -0.15) is 0 Å². The van der Waals surface area contributed by atoms with Crippen molar-refractivity contribution in [2.75, 3.05) is 0 Å². The van der Waals surface area contributed by atoms with E-state index in [1.54, 1.807) is 5.57 Å². The number of hydrogen-bond donors (Lipinski definition) is 0. The van der Waals surface area contributed by atoms with E-state index >= 15 is 0 Å². The lowest BCUT2D eigenvalue weighted by molar-refractivity contribution is -0.121. The summed E-state index contributed by atoms with van der Waals surface area (Å²) in [5.74, 6) is 1.92. The maximum atomic E-state index is 12.9. The van der Waals surface area contributed by atoms with Crippen molar-refractivity contribution < 1.29 is 4.79 Å². The Morgan fingerprint density at radius 1 is 0.929 bits per heavy atom. The highest BCUT2D eigenvalue weighted by molar-refractivity contribution is 5.84. The maximum absolute atomic E-state index is 12.9. The van der Waals surface area contributed by atoms with E-state index in [9.17, 15) is 4.79 Å². The van der Waals surface area contributed by atoms with Gasteiger partial charge in [-0.15, -0.1) is 0 Å². The number of rotatable bonds is 5. The number of benzene rings is 2. The molecule has 4 rings (SSSR count). The minimum Gasteiger partial charge on any atom is -0.299 e. The molecule has 1 heteroatoms. The molecular formula is C27H32O. The van der Waals surface area contributed by atoms with Crippen LogP contribution in [0.5, 0.6) is 0 Å². The highest BCUT2D eigenvalue weighted by atomic mass is 16.1. The van der Waals surface area contributed by atoms with Gasteiger partial charge in [-0.1, -0.05) is 84.7 Å². The predicted octanol–water partition coefficient (Wildman–Crippen LogP) is 6.58. The third kappa shape index (κ3) is 3.72. The van der Waals surface area contributed by atoms with Crippen molar-refractivity contribution in [2.24, 2.45) is 17.8 Å². The fourth-order valence-corrected chi connectivity index (χ4v) is 5.41. The molecule has 0 amide bonds. The highest BCUT2D eigenvalue weighted by Crippen LogP contribution is 2.52. The van der Waals surface area contributed by atoms with E-state index in [1.165, 1.54) is 41.5 Å². The van der Waals surface area contributed by atoms with Gasteiger partial charge in [0.2, 0.25) is 0 Å². The molecule has 1 saturated carbocycles. The zero-order valence-electron chi connectivity index (χ0n) is 17.4. The molecule has 1 nitrogen and oxygen atoms in total. The van der Waals surface area contributed by atoms with Crippen molar-refractivity contribution in [3.8, 4) is 0 Å². The second-order valence-corrected chi connectivity index (χ2v) is 8.87. The largest absolute Gasteiger partial charge is 0.299 e. The van der Waals surface area contributed by atoms with Gasteiger partial charge < -0.3 is 0 Å². The van der Waals surface area contributed by atoms with Crippen LogP contribution in [0.25, 0.3) is 0 Å². The monoisotopic (exact) mass is 372 g/mol. The van der Waals surface area contributed by atoms with E-state index in [-0.39, 0.29) is 5.92 Å². The Morgan fingerprint density at radius 2 is 1.57 bits per heavy atom. The van der Waals surface area contributed by atoms with Crippen LogP contribution in [0.1, 0.15) is 60.8 Å². The Balaban J connectivity index is 1.65. The van der Waals surface area contributed by atoms with Crippen LogP contribution >= 0.6 is 0 Å². The lowest BCUT2D eigenvalue weighted by Gasteiger charge is -2.34. The molecule has 4 atom stereocenters. The van der Waals surface area contributed by atoms with Gasteiger partial charge in [0.05, 0.1) is 0 Å². The van der Waals surface area contributed by atoms with E-state index in [1.807, 2.05) is 6.92 Å². The predicted molar refractivity (Wildman–Crippen MR) is 117 cm³/mol. The minimum atomic E-state index is 0.0614. The van der Waals surface area contributed by atoms with Crippen LogP contribution in [-0.2, 0) is 11.2 Å². The van der Waals surface area contributed by atoms with E-state index in [0.717, 1.165) is 6.42 Å². The Labute approximate surface area is 169 Å². The van der Waals surface area contributed by atoms with Crippen LogP contribution in [-0.4, -0.2) is 5.78 Å². The van der Waals surface area contributed by atoms with E-state index < -0.39 is 0 Å². The van der Waals surface area contributed by atoms with Crippen molar-refractivity contribution in [1.29, 1.82) is 0 Å². The maximum Gasteiger partial charge on any atom is 0.140 e. The highest BCUT2D eigenvalue weighted by Gasteiger charge is 2.44. The molecule has 0 saturated heterocycles. The topological polar surface area (TPSA) is 17.1 Å². The lowest BCUT2D eigenvalue weighted by Crippen LogP contribution is -2.25. The molecule has 2 aliphatic carbocycles. The molecular weight excluding hydrogens is 340 g/mol. The van der Waals surface area contributed by atoms with Crippen LogP contribution in [0, 0.1) is 31.6 Å². The summed E-state index contributed by atoms with van der Waals surface area (Å²) < 4.78 is 0. The quantitative estimate of drug-likeness (QED) is 0.542. The van der Waals surface area contributed by atoms with Crippen molar-refractivity contribution in [3.63, 3.8) is 0 Å². The molecule has 2 aliphatic rings. The molecule has 0 spiro atoms. The first-order valence-corrected chi connectivity index (χ1v) is 10.9. The van der Waals surface area contributed by atoms with Gasteiger partial charge in [0.25, 0.3) is 0 Å². The molecule has 28 heavy (non-hydrogen) atoms. The Kier molecular flexibility index (Phi) is 5.53. The van der Waals surface area contributed by atoms with Gasteiger partial charge in [-0.25, -0.2) is 0 Å². The third-order valence-corrected chi connectivity index (χ3v) is 6.94. The summed E-state index contributed by atoms with van der Waals surface area (Å²) in [6.45, 7) is 6.29. The average Bonchev–Trinajstić information content (AvgIpc) is 3.10. The molecule has 146 valence electrons. The number of allylic oxidation sites excluding steroid dienone is 2. The summed E-state index contributed by atoms with van der Waals surface area (Å²) in [7, 11) is 0. The summed E-state index contributed by atoms with van der Waals surface area (Å²) >= 11 is 0. The molecule has 2 aromatic rings. The lowest BCUT2D eigenvalue weighted by atomic mass is 9.70. The summed E-state index contributed by atoms with van der Waals surface area (Å²) in [5.41, 5.74) is 6.95. The van der Waals surface area contributed by atoms with E-state index in [0.29, 0.717) is 30.0 Å². The molecule has 4 unspecified atom stereocenters. The molecule has 0 bridgehead atoms. The van der Waals surface area contributed by atoms with Gasteiger partial charge in [0.1, 0.15) is 5.78 Å². The van der Waals surface area contributed by atoms with Gasteiger partial charge >= 0.3 is 0 Å². The fourth-order valence-electron chi connectivity index (χ4n) is 5.41. The van der Waals surface area contributed by atoms with Crippen molar-refractivity contribution in [2.45, 2.75) is 58.8 Å². The molecule has 0 radical (unpaired) electrons. The van der Waals surface area contributed by atoms with Crippen molar-refractivity contribution in [3.05, 3.63) is 82.4 Å². The first kappa shape index (κ1) is 19.2. The zero-order chi connectivity index (χ0) is 19.7. The number of ketones is 1. The normalized spacial score (nSPS) is 26.6. The minimum absolute atomic E-state index is 0.0614. The van der Waals surface area contributed by atoms with Gasteiger partial charge in [0, 0.05) is 18.3 Å². The van der Waals surface area contributed by atoms with Gasteiger partial charge in [-0.05, 0) is 56.1 Å². The van der Waals surface area contributed by atoms with Crippen molar-refractivity contribution in [1.82, 2.24) is 0 Å². The second-order valence-electron chi connectivity index (χ2n) is 8.87. The molecule has 0 aromatic heterocycles. The van der Waals surface area contributed by atoms with E-state index in [4.69, 9.17) is 0 Å². The number of aryl methyl sites for hydroxylation is 2. The Hall–Kier alpha value is -2.15. The molecule has 0 heterocycles. The van der Waals surface area contributed by atoms with Crippen LogP contribution < -0.4 is 0 Å². The van der Waals surface area contributed by atoms with Crippen LogP contribution in [0.2, 0.25) is 0 Å². The number of carbonyl (C=O) groups excluding carboxylic acids is 1. The van der Waals surface area contributed by atoms with E-state index in [2.05, 4.69) is 68.5 Å². The second kappa shape index (κ2) is 8.07. The standard InChI is InChI=1S/C27H32O/c1-4-26(28)25-17-24-22(16-20-12-8-18(2)9-13-20)6-5-7-23(24)27(25)21-14-10-19(3)11-15-21/h8-15,17,22-23,25,27H,4-7,16H2,1-3H3. The summed E-state index contributed by atoms with van der Waals surface area (Å²) in [6.07, 6.45) is 7.88. The number of carbonyl (C=O) groups is 1. The SMILES string of the molecule is CCC(=O)C1C=C2C(Cc3ccc(C)cc3)CCCC2C1c1ccc(C)cc1. The van der Waals surface area contributed by atoms with Crippen LogP contribution in [0.15, 0.2) is 60.2 Å². The van der Waals surface area contributed by atoms with Crippen molar-refractivity contribution >= 4 is 5.78 Å². The zero-order valence-corrected chi connectivity index (χ0v) is 17.4. The first-order chi connectivity index (χ1) is 13.6. The average molecular weight is 373 g/mol. The first-order valence-electron chi connectivity index (χ1n) is 10.9. The molecule has 0 aliphatic heterocycles. The van der Waals surface area contributed by atoms with Crippen LogP contribution in [0.4, 0.5) is 0 Å². The molecule has 0 N–H and O–H groups in total. The van der Waals surface area contributed by atoms with Gasteiger partial charge in [0.15, 0.2) is 0 Å². The third-order valence-electron chi connectivity index (χ3n) is 6.94. The molecule has 1 fully saturated rings. The fraction of sp³-hybridized carbons (Fsp3) is 0.444. The smallest absolute Gasteiger partial charge is 0.140 e. The summed E-state index contributed by atoms with van der Waals surface area (Å²) in [4.78, 5) is 12.9. The number of hydrogen-bond acceptors (Lipinski definition) is 1. The number of fused-ring (bicyclic) bond motifs is 1.